The van der Waals surface area contributed by atoms with E-state index in [4.69, 9.17) is 0 Å². The monoisotopic (exact) mass is 306 g/mol. The van der Waals surface area contributed by atoms with Crippen LogP contribution in [0.4, 0.5) is 23.2 Å². The molecule has 0 aromatic heterocycles. The fourth-order valence-corrected chi connectivity index (χ4v) is 2.45. The maximum atomic E-state index is 13.9. The second-order valence-electron chi connectivity index (χ2n) is 4.61. The molecule has 0 N–H and O–H groups in total. The highest BCUT2D eigenvalue weighted by Crippen LogP contribution is 2.40. The summed E-state index contributed by atoms with van der Waals surface area (Å²) >= 11 is 0. The fourth-order valence-electron chi connectivity index (χ4n) is 2.45. The molecule has 7 heteroatoms. The summed E-state index contributed by atoms with van der Waals surface area (Å²) < 4.78 is 54.4. The number of hydrogen-bond donors (Lipinski definition) is 0. The molecular formula is C15H6F4N2O. The highest BCUT2D eigenvalue weighted by atomic mass is 19.2. The van der Waals surface area contributed by atoms with Gasteiger partial charge in [0, 0.05) is 5.56 Å². The van der Waals surface area contributed by atoms with Crippen molar-refractivity contribution in [2.24, 2.45) is 0 Å². The Morgan fingerprint density at radius 3 is 2.36 bits per heavy atom. The van der Waals surface area contributed by atoms with Crippen LogP contribution >= 0.6 is 0 Å². The van der Waals surface area contributed by atoms with Gasteiger partial charge in [0.25, 0.3) is 5.91 Å². The second-order valence-corrected chi connectivity index (χ2v) is 4.61. The number of amides is 1. The van der Waals surface area contributed by atoms with Gasteiger partial charge in [-0.2, -0.15) is 5.26 Å². The molecule has 0 aliphatic carbocycles. The Labute approximate surface area is 122 Å². The average Bonchev–Trinajstić information content (AvgIpc) is 2.77. The highest BCUT2D eigenvalue weighted by molar-refractivity contribution is 6.11. The van der Waals surface area contributed by atoms with Gasteiger partial charge in [-0.05, 0) is 18.2 Å². The first-order valence-electron chi connectivity index (χ1n) is 6.12. The molecule has 0 radical (unpaired) electrons. The van der Waals surface area contributed by atoms with Gasteiger partial charge in [0.2, 0.25) is 0 Å². The predicted molar refractivity (Wildman–Crippen MR) is 67.9 cm³/mol. The molecule has 1 unspecified atom stereocenters. The number of para-hydroxylation sites is 1. The summed E-state index contributed by atoms with van der Waals surface area (Å²) in [5.74, 6) is -6.91. The molecular weight excluding hydrogens is 300 g/mol. The van der Waals surface area contributed by atoms with Crippen LogP contribution in [0.25, 0.3) is 0 Å². The number of anilines is 1. The number of nitriles is 1. The average molecular weight is 306 g/mol. The van der Waals surface area contributed by atoms with Gasteiger partial charge in [-0.1, -0.05) is 12.1 Å². The van der Waals surface area contributed by atoms with Crippen LogP contribution in [-0.2, 0) is 0 Å². The molecule has 2 aromatic rings. The molecule has 1 atom stereocenters. The van der Waals surface area contributed by atoms with E-state index in [1.807, 2.05) is 0 Å². The maximum absolute atomic E-state index is 13.9. The van der Waals surface area contributed by atoms with Crippen molar-refractivity contribution < 1.29 is 22.4 Å². The summed E-state index contributed by atoms with van der Waals surface area (Å²) in [5, 5.41) is 9.20. The molecule has 1 amide bonds. The smallest absolute Gasteiger partial charge is 0.263 e. The number of nitrogens with zero attached hydrogens (tertiary/aromatic N) is 2. The number of hydrogen-bond acceptors (Lipinski definition) is 2. The number of fused-ring (bicyclic) bond motifs is 1. The number of carbonyl (C=O) groups is 1. The summed E-state index contributed by atoms with van der Waals surface area (Å²) in [5.41, 5.74) is -1.35. The Hall–Kier alpha value is -2.88. The van der Waals surface area contributed by atoms with E-state index in [0.717, 1.165) is 6.07 Å². The third-order valence-corrected chi connectivity index (χ3v) is 3.41. The zero-order valence-electron chi connectivity index (χ0n) is 10.8. The molecule has 3 rings (SSSR count). The molecule has 0 spiro atoms. The molecule has 3 nitrogen and oxygen atoms in total. The maximum Gasteiger partial charge on any atom is 0.263 e. The Bertz CT molecular complexity index is 844. The van der Waals surface area contributed by atoms with Crippen LogP contribution in [0.2, 0.25) is 0 Å². The normalized spacial score (nSPS) is 16.6. The lowest BCUT2D eigenvalue weighted by molar-refractivity contribution is 0.0989. The van der Waals surface area contributed by atoms with Gasteiger partial charge in [-0.25, -0.2) is 17.6 Å². The van der Waals surface area contributed by atoms with Crippen molar-refractivity contribution in [1.29, 1.82) is 5.26 Å². The molecule has 1 heterocycles. The van der Waals surface area contributed by atoms with Crippen molar-refractivity contribution in [2.75, 3.05) is 4.90 Å². The number of halogens is 4. The van der Waals surface area contributed by atoms with Crippen molar-refractivity contribution in [1.82, 2.24) is 0 Å². The van der Waals surface area contributed by atoms with E-state index < -0.39 is 40.8 Å². The van der Waals surface area contributed by atoms with Gasteiger partial charge >= 0.3 is 0 Å². The molecule has 0 saturated carbocycles. The summed E-state index contributed by atoms with van der Waals surface area (Å²) in [6.07, 6.45) is 0. The Kier molecular flexibility index (Phi) is 3.10. The van der Waals surface area contributed by atoms with Gasteiger partial charge in [0.15, 0.2) is 23.5 Å². The largest absolute Gasteiger partial charge is 0.285 e. The van der Waals surface area contributed by atoms with Gasteiger partial charge in [0.05, 0.1) is 17.3 Å². The van der Waals surface area contributed by atoms with Crippen LogP contribution in [0, 0.1) is 34.6 Å². The lowest BCUT2D eigenvalue weighted by Gasteiger charge is -2.20. The van der Waals surface area contributed by atoms with Crippen LogP contribution < -0.4 is 4.90 Å². The first-order valence-corrected chi connectivity index (χ1v) is 6.12. The Balaban J connectivity index is 2.26. The molecule has 1 aliphatic rings. The second kappa shape index (κ2) is 4.84. The van der Waals surface area contributed by atoms with Crippen molar-refractivity contribution in [2.45, 2.75) is 6.04 Å². The van der Waals surface area contributed by atoms with E-state index in [1.165, 1.54) is 18.2 Å². The van der Waals surface area contributed by atoms with E-state index in [-0.39, 0.29) is 11.3 Å². The van der Waals surface area contributed by atoms with Gasteiger partial charge in [-0.15, -0.1) is 0 Å². The molecule has 22 heavy (non-hydrogen) atoms. The minimum absolute atomic E-state index is 0.268. The minimum Gasteiger partial charge on any atom is -0.285 e. The fraction of sp³-hybridized carbons (Fsp3) is 0.0667. The molecule has 0 bridgehead atoms. The molecule has 1 aliphatic heterocycles. The summed E-state index contributed by atoms with van der Waals surface area (Å²) in [4.78, 5) is 13.0. The van der Waals surface area contributed by atoms with Crippen molar-refractivity contribution in [3.8, 4) is 6.07 Å². The van der Waals surface area contributed by atoms with E-state index >= 15 is 0 Å². The highest BCUT2D eigenvalue weighted by Gasteiger charge is 2.43. The zero-order valence-corrected chi connectivity index (χ0v) is 10.8. The summed E-state index contributed by atoms with van der Waals surface area (Å²) in [6, 6.07) is 5.88. The van der Waals surface area contributed by atoms with Crippen molar-refractivity contribution in [3.05, 3.63) is 64.7 Å². The van der Waals surface area contributed by atoms with Gasteiger partial charge < -0.3 is 0 Å². The van der Waals surface area contributed by atoms with Crippen molar-refractivity contribution >= 4 is 11.6 Å². The first-order chi connectivity index (χ1) is 10.5. The standard InChI is InChI=1S/C15H6F4N2O/c16-8-3-1-2-4-10(8)21-11(6-20)7-5-9(17)13(18)14(19)12(7)15(21)22/h1-5,11H. The van der Waals surface area contributed by atoms with Crippen LogP contribution in [0.5, 0.6) is 0 Å². The molecule has 0 saturated heterocycles. The van der Waals surface area contributed by atoms with Crippen LogP contribution in [0.1, 0.15) is 22.0 Å². The Morgan fingerprint density at radius 1 is 1.05 bits per heavy atom. The molecule has 110 valence electrons. The van der Waals surface area contributed by atoms with E-state index in [0.29, 0.717) is 11.0 Å². The van der Waals surface area contributed by atoms with Crippen LogP contribution in [-0.4, -0.2) is 5.91 Å². The van der Waals surface area contributed by atoms with E-state index in [2.05, 4.69) is 0 Å². The lowest BCUT2D eigenvalue weighted by atomic mass is 10.0. The van der Waals surface area contributed by atoms with Crippen LogP contribution in [0.3, 0.4) is 0 Å². The number of rotatable bonds is 1. The zero-order chi connectivity index (χ0) is 16.0. The predicted octanol–water partition coefficient (Wildman–Crippen LogP) is 3.47. The van der Waals surface area contributed by atoms with E-state index in [1.54, 1.807) is 6.07 Å². The van der Waals surface area contributed by atoms with Gasteiger partial charge in [-0.3, -0.25) is 9.69 Å². The lowest BCUT2D eigenvalue weighted by Crippen LogP contribution is -2.28. The minimum atomic E-state index is -1.81. The molecule has 0 fully saturated rings. The molecule has 2 aromatic carbocycles. The summed E-state index contributed by atoms with van der Waals surface area (Å²) in [7, 11) is 0. The third-order valence-electron chi connectivity index (χ3n) is 3.41. The topological polar surface area (TPSA) is 44.1 Å². The van der Waals surface area contributed by atoms with Crippen LogP contribution in [0.15, 0.2) is 30.3 Å². The summed E-state index contributed by atoms with van der Waals surface area (Å²) in [6.45, 7) is 0. The number of carbonyl (C=O) groups excluding carboxylic acids is 1. The van der Waals surface area contributed by atoms with E-state index in [9.17, 15) is 27.6 Å². The third kappa shape index (κ3) is 1.77. The van der Waals surface area contributed by atoms with Crippen molar-refractivity contribution in [3.63, 3.8) is 0 Å². The first kappa shape index (κ1) is 14.1. The van der Waals surface area contributed by atoms with Gasteiger partial charge in [0.1, 0.15) is 5.82 Å². The quantitative estimate of drug-likeness (QED) is 0.598. The Morgan fingerprint density at radius 2 is 1.73 bits per heavy atom. The SMILES string of the molecule is N#CC1c2cc(F)c(F)c(F)c2C(=O)N1c1ccccc1F. The number of benzene rings is 2.